The molecule has 1 aliphatic carbocycles. The van der Waals surface area contributed by atoms with Gasteiger partial charge in [-0.3, -0.25) is 0 Å². The van der Waals surface area contributed by atoms with Crippen LogP contribution in [0.1, 0.15) is 46.5 Å². The zero-order valence-electron chi connectivity index (χ0n) is 12.8. The summed E-state index contributed by atoms with van der Waals surface area (Å²) in [6.07, 6.45) is 5.27. The van der Waals surface area contributed by atoms with E-state index >= 15 is 0 Å². The molecule has 1 saturated carbocycles. The fourth-order valence-electron chi connectivity index (χ4n) is 2.47. The maximum absolute atomic E-state index is 5.21. The molecule has 3 heteroatoms. The topological polar surface area (TPSA) is 24.5 Å². The number of hydrogen-bond acceptors (Lipinski definition) is 3. The highest BCUT2D eigenvalue weighted by Gasteiger charge is 2.31. The molecule has 18 heavy (non-hydrogen) atoms. The highest BCUT2D eigenvalue weighted by atomic mass is 16.5. The van der Waals surface area contributed by atoms with Crippen LogP contribution in [0.5, 0.6) is 0 Å². The van der Waals surface area contributed by atoms with Gasteiger partial charge in [0.25, 0.3) is 0 Å². The molecule has 0 aromatic carbocycles. The highest BCUT2D eigenvalue weighted by molar-refractivity contribution is 4.88. The Morgan fingerprint density at radius 1 is 1.22 bits per heavy atom. The molecule has 0 amide bonds. The average molecular weight is 256 g/mol. The summed E-state index contributed by atoms with van der Waals surface area (Å²) in [5, 5.41) is 3.73. The van der Waals surface area contributed by atoms with Gasteiger partial charge < -0.3 is 15.0 Å². The van der Waals surface area contributed by atoms with Crippen LogP contribution in [0.4, 0.5) is 0 Å². The fraction of sp³-hybridized carbons (Fsp3) is 1.00. The predicted molar refractivity (Wildman–Crippen MR) is 78.0 cm³/mol. The third-order valence-electron chi connectivity index (χ3n) is 4.46. The van der Waals surface area contributed by atoms with Crippen molar-refractivity contribution < 1.29 is 4.74 Å². The summed E-state index contributed by atoms with van der Waals surface area (Å²) in [4.78, 5) is 2.53. The highest BCUT2D eigenvalue weighted by Crippen LogP contribution is 2.29. The number of nitrogens with zero attached hydrogens (tertiary/aromatic N) is 1. The van der Waals surface area contributed by atoms with Gasteiger partial charge in [0.15, 0.2) is 0 Å². The van der Waals surface area contributed by atoms with E-state index in [1.807, 2.05) is 0 Å². The Kier molecular flexibility index (Phi) is 7.20. The first-order valence-corrected chi connectivity index (χ1v) is 7.64. The van der Waals surface area contributed by atoms with Gasteiger partial charge in [0.2, 0.25) is 0 Å². The Balaban J connectivity index is 2.45. The standard InChI is InChI=1S/C15H32N2O/c1-5-15(6-2,12-16-14-8-9-14)13-17(7-3)10-11-18-4/h14,16H,5-13H2,1-4H3. The average Bonchev–Trinajstić information content (AvgIpc) is 3.23. The third kappa shape index (κ3) is 5.25. The van der Waals surface area contributed by atoms with Crippen LogP contribution in [0.2, 0.25) is 0 Å². The second-order valence-electron chi connectivity index (χ2n) is 5.72. The van der Waals surface area contributed by atoms with Gasteiger partial charge in [0, 0.05) is 32.8 Å². The van der Waals surface area contributed by atoms with Gasteiger partial charge in [-0.05, 0) is 37.6 Å². The van der Waals surface area contributed by atoms with Crippen molar-refractivity contribution in [3.8, 4) is 0 Å². The Bertz CT molecular complexity index is 213. The van der Waals surface area contributed by atoms with E-state index in [0.717, 1.165) is 25.7 Å². The first-order valence-electron chi connectivity index (χ1n) is 7.64. The molecule has 0 radical (unpaired) electrons. The van der Waals surface area contributed by atoms with Crippen LogP contribution in [0, 0.1) is 5.41 Å². The number of ether oxygens (including phenoxy) is 1. The van der Waals surface area contributed by atoms with E-state index < -0.39 is 0 Å². The van der Waals surface area contributed by atoms with Gasteiger partial charge in [-0.2, -0.15) is 0 Å². The minimum Gasteiger partial charge on any atom is -0.383 e. The lowest BCUT2D eigenvalue weighted by Crippen LogP contribution is -2.45. The zero-order valence-corrected chi connectivity index (χ0v) is 12.8. The quantitative estimate of drug-likeness (QED) is 0.615. The van der Waals surface area contributed by atoms with Gasteiger partial charge in [0.05, 0.1) is 6.61 Å². The third-order valence-corrected chi connectivity index (χ3v) is 4.46. The SMILES string of the molecule is CCN(CCOC)CC(CC)(CC)CNC1CC1. The first kappa shape index (κ1) is 15.9. The second kappa shape index (κ2) is 8.13. The van der Waals surface area contributed by atoms with Crippen molar-refractivity contribution in [2.24, 2.45) is 5.41 Å². The number of likely N-dealkylation sites (N-methyl/N-ethyl adjacent to an activating group) is 1. The van der Waals surface area contributed by atoms with Gasteiger partial charge in [0.1, 0.15) is 0 Å². The van der Waals surface area contributed by atoms with Crippen molar-refractivity contribution in [2.75, 3.05) is 39.9 Å². The summed E-state index contributed by atoms with van der Waals surface area (Å²) in [7, 11) is 1.79. The Labute approximate surface area is 113 Å². The van der Waals surface area contributed by atoms with Crippen LogP contribution in [0.25, 0.3) is 0 Å². The normalized spacial score (nSPS) is 16.5. The second-order valence-corrected chi connectivity index (χ2v) is 5.72. The molecule has 0 unspecified atom stereocenters. The molecule has 0 spiro atoms. The minimum absolute atomic E-state index is 0.437. The van der Waals surface area contributed by atoms with Gasteiger partial charge in [-0.15, -0.1) is 0 Å². The molecule has 1 N–H and O–H groups in total. The van der Waals surface area contributed by atoms with Crippen molar-refractivity contribution in [1.29, 1.82) is 0 Å². The van der Waals surface area contributed by atoms with E-state index in [-0.39, 0.29) is 0 Å². The maximum Gasteiger partial charge on any atom is 0.0589 e. The Hall–Kier alpha value is -0.120. The van der Waals surface area contributed by atoms with Crippen molar-refractivity contribution in [2.45, 2.75) is 52.5 Å². The predicted octanol–water partition coefficient (Wildman–Crippen LogP) is 2.51. The largest absolute Gasteiger partial charge is 0.383 e. The van der Waals surface area contributed by atoms with Gasteiger partial charge in [-0.25, -0.2) is 0 Å². The Morgan fingerprint density at radius 3 is 2.33 bits per heavy atom. The molecule has 0 aliphatic heterocycles. The van der Waals surface area contributed by atoms with Crippen LogP contribution in [0.3, 0.4) is 0 Å². The molecule has 3 nitrogen and oxygen atoms in total. The molecular formula is C15H32N2O. The molecule has 0 atom stereocenters. The monoisotopic (exact) mass is 256 g/mol. The Morgan fingerprint density at radius 2 is 1.89 bits per heavy atom. The van der Waals surface area contributed by atoms with Crippen molar-refractivity contribution in [3.05, 3.63) is 0 Å². The van der Waals surface area contributed by atoms with Gasteiger partial charge in [-0.1, -0.05) is 20.8 Å². The molecular weight excluding hydrogens is 224 g/mol. The summed E-state index contributed by atoms with van der Waals surface area (Å²) in [6.45, 7) is 12.3. The molecule has 0 heterocycles. The molecule has 0 saturated heterocycles. The number of methoxy groups -OCH3 is 1. The lowest BCUT2D eigenvalue weighted by atomic mass is 9.81. The van der Waals surface area contributed by atoms with Gasteiger partial charge >= 0.3 is 0 Å². The number of rotatable bonds is 11. The summed E-state index contributed by atoms with van der Waals surface area (Å²) < 4.78 is 5.21. The summed E-state index contributed by atoms with van der Waals surface area (Å²) in [5.41, 5.74) is 0.437. The summed E-state index contributed by atoms with van der Waals surface area (Å²) in [5.74, 6) is 0. The first-order chi connectivity index (χ1) is 8.69. The van der Waals surface area contributed by atoms with E-state index in [2.05, 4.69) is 31.0 Å². The molecule has 108 valence electrons. The summed E-state index contributed by atoms with van der Waals surface area (Å²) >= 11 is 0. The lowest BCUT2D eigenvalue weighted by molar-refractivity contribution is 0.101. The molecule has 1 aliphatic rings. The minimum atomic E-state index is 0.437. The van der Waals surface area contributed by atoms with Crippen LogP contribution in [0.15, 0.2) is 0 Å². The van der Waals surface area contributed by atoms with Crippen molar-refractivity contribution in [3.63, 3.8) is 0 Å². The lowest BCUT2D eigenvalue weighted by Gasteiger charge is -2.37. The molecule has 0 aromatic heterocycles. The molecule has 0 aromatic rings. The van der Waals surface area contributed by atoms with Crippen LogP contribution < -0.4 is 5.32 Å². The van der Waals surface area contributed by atoms with E-state index in [9.17, 15) is 0 Å². The van der Waals surface area contributed by atoms with E-state index in [1.54, 1.807) is 7.11 Å². The molecule has 0 bridgehead atoms. The summed E-state index contributed by atoms with van der Waals surface area (Å²) in [6, 6.07) is 0.816. The van der Waals surface area contributed by atoms with E-state index in [4.69, 9.17) is 4.74 Å². The molecule has 1 rings (SSSR count). The number of hydrogen-bond donors (Lipinski definition) is 1. The number of nitrogens with one attached hydrogen (secondary N) is 1. The van der Waals surface area contributed by atoms with Crippen LogP contribution in [-0.2, 0) is 4.74 Å². The zero-order chi connectivity index (χ0) is 13.4. The molecule has 1 fully saturated rings. The fourth-order valence-corrected chi connectivity index (χ4v) is 2.47. The maximum atomic E-state index is 5.21. The smallest absolute Gasteiger partial charge is 0.0589 e. The van der Waals surface area contributed by atoms with E-state index in [0.29, 0.717) is 5.41 Å². The van der Waals surface area contributed by atoms with E-state index in [1.165, 1.54) is 38.8 Å². The van der Waals surface area contributed by atoms with Crippen LogP contribution >= 0.6 is 0 Å². The van der Waals surface area contributed by atoms with Crippen molar-refractivity contribution >= 4 is 0 Å². The van der Waals surface area contributed by atoms with Crippen molar-refractivity contribution in [1.82, 2.24) is 10.2 Å². The van der Waals surface area contributed by atoms with Crippen LogP contribution in [-0.4, -0.2) is 50.8 Å².